The van der Waals surface area contributed by atoms with Gasteiger partial charge in [0, 0.05) is 16.7 Å². The molecule has 3 aromatic rings. The van der Waals surface area contributed by atoms with E-state index in [1.807, 2.05) is 30.3 Å². The average Bonchev–Trinajstić information content (AvgIpc) is 2.80. The van der Waals surface area contributed by atoms with Crippen molar-refractivity contribution in [2.45, 2.75) is 9.79 Å². The number of benzene rings is 3. The Kier molecular flexibility index (Phi) is 8.22. The second-order valence-corrected chi connectivity index (χ2v) is 8.36. The maximum atomic E-state index is 12.7. The second kappa shape index (κ2) is 11.1. The van der Waals surface area contributed by atoms with Crippen LogP contribution in [0.1, 0.15) is 5.56 Å². The highest BCUT2D eigenvalue weighted by atomic mass is 35.5. The SMILES string of the molecule is COc1ccccc1Sc1ccc(/C=C/C(=O)N(CC(=O)O)c2ccccc2)c(Cl)c1Cl. The number of carbonyl (C=O) groups is 2. The quantitative estimate of drug-likeness (QED) is 0.378. The zero-order chi connectivity index (χ0) is 23.1. The maximum Gasteiger partial charge on any atom is 0.323 e. The van der Waals surface area contributed by atoms with Crippen molar-refractivity contribution < 1.29 is 19.4 Å². The van der Waals surface area contributed by atoms with E-state index in [2.05, 4.69) is 0 Å². The molecule has 164 valence electrons. The number of nitrogens with zero attached hydrogens (tertiary/aromatic N) is 1. The van der Waals surface area contributed by atoms with Gasteiger partial charge in [0.2, 0.25) is 0 Å². The molecule has 32 heavy (non-hydrogen) atoms. The molecule has 0 heterocycles. The first-order valence-electron chi connectivity index (χ1n) is 9.46. The minimum atomic E-state index is -1.12. The number of halogens is 2. The Morgan fingerprint density at radius 1 is 0.969 bits per heavy atom. The maximum absolute atomic E-state index is 12.7. The summed E-state index contributed by atoms with van der Waals surface area (Å²) < 4.78 is 5.37. The van der Waals surface area contributed by atoms with E-state index in [1.165, 1.54) is 28.8 Å². The molecule has 0 radical (unpaired) electrons. The van der Waals surface area contributed by atoms with Gasteiger partial charge in [-0.3, -0.25) is 14.5 Å². The summed E-state index contributed by atoms with van der Waals surface area (Å²) in [6.45, 7) is -0.462. The highest BCUT2D eigenvalue weighted by molar-refractivity contribution is 7.99. The number of hydrogen-bond acceptors (Lipinski definition) is 4. The molecule has 8 heteroatoms. The third-order valence-corrected chi connectivity index (χ3v) is 6.52. The van der Waals surface area contributed by atoms with Crippen LogP contribution in [0.15, 0.2) is 82.6 Å². The molecule has 0 saturated carbocycles. The van der Waals surface area contributed by atoms with Crippen molar-refractivity contribution in [2.24, 2.45) is 0 Å². The van der Waals surface area contributed by atoms with E-state index in [0.29, 0.717) is 21.3 Å². The Balaban J connectivity index is 1.83. The number of anilines is 1. The van der Waals surface area contributed by atoms with E-state index in [4.69, 9.17) is 27.9 Å². The van der Waals surface area contributed by atoms with E-state index >= 15 is 0 Å². The van der Waals surface area contributed by atoms with Gasteiger partial charge >= 0.3 is 5.97 Å². The lowest BCUT2D eigenvalue weighted by atomic mass is 10.2. The minimum Gasteiger partial charge on any atom is -0.496 e. The van der Waals surface area contributed by atoms with Gasteiger partial charge in [-0.05, 0) is 42.0 Å². The van der Waals surface area contributed by atoms with Crippen LogP contribution in [0.25, 0.3) is 6.08 Å². The van der Waals surface area contributed by atoms with Crippen LogP contribution in [-0.2, 0) is 9.59 Å². The van der Waals surface area contributed by atoms with Crippen LogP contribution in [0.3, 0.4) is 0 Å². The average molecular weight is 488 g/mol. The number of carboxylic acids is 1. The topological polar surface area (TPSA) is 66.8 Å². The van der Waals surface area contributed by atoms with Gasteiger partial charge in [-0.25, -0.2) is 0 Å². The van der Waals surface area contributed by atoms with Crippen molar-refractivity contribution in [3.63, 3.8) is 0 Å². The first-order valence-corrected chi connectivity index (χ1v) is 11.0. The summed E-state index contributed by atoms with van der Waals surface area (Å²) >= 11 is 14.4. The Bertz CT molecular complexity index is 1150. The molecule has 3 rings (SSSR count). The zero-order valence-corrected chi connectivity index (χ0v) is 19.3. The molecule has 0 atom stereocenters. The third-order valence-electron chi connectivity index (χ3n) is 4.40. The minimum absolute atomic E-state index is 0.292. The number of para-hydroxylation sites is 2. The van der Waals surface area contributed by atoms with Gasteiger partial charge in [-0.2, -0.15) is 0 Å². The van der Waals surface area contributed by atoms with Crippen LogP contribution >= 0.6 is 35.0 Å². The summed E-state index contributed by atoms with van der Waals surface area (Å²) in [5, 5.41) is 9.82. The van der Waals surface area contributed by atoms with Gasteiger partial charge in [0.1, 0.15) is 12.3 Å². The van der Waals surface area contributed by atoms with Crippen molar-refractivity contribution >= 4 is 58.6 Å². The number of ether oxygens (including phenoxy) is 1. The molecule has 0 saturated heterocycles. The van der Waals surface area contributed by atoms with E-state index in [1.54, 1.807) is 43.5 Å². The predicted molar refractivity (Wildman–Crippen MR) is 129 cm³/mol. The molecular weight excluding hydrogens is 469 g/mol. The monoisotopic (exact) mass is 487 g/mol. The summed E-state index contributed by atoms with van der Waals surface area (Å²) in [6.07, 6.45) is 2.80. The number of aliphatic carboxylic acids is 1. The van der Waals surface area contributed by atoms with E-state index in [9.17, 15) is 14.7 Å². The van der Waals surface area contributed by atoms with E-state index in [-0.39, 0.29) is 0 Å². The molecule has 3 aromatic carbocycles. The van der Waals surface area contributed by atoms with Crippen molar-refractivity contribution in [1.29, 1.82) is 0 Å². The summed E-state index contributed by atoms with van der Waals surface area (Å²) in [5.74, 6) is -0.883. The van der Waals surface area contributed by atoms with Gasteiger partial charge in [0.25, 0.3) is 5.91 Å². The van der Waals surface area contributed by atoms with Crippen molar-refractivity contribution in [3.8, 4) is 5.75 Å². The fraction of sp³-hybridized carbons (Fsp3) is 0.0833. The molecule has 0 fully saturated rings. The molecular formula is C24H19Cl2NO4S. The van der Waals surface area contributed by atoms with Crippen LogP contribution in [-0.4, -0.2) is 30.6 Å². The van der Waals surface area contributed by atoms with Crippen LogP contribution in [0, 0.1) is 0 Å². The molecule has 5 nitrogen and oxygen atoms in total. The molecule has 0 aliphatic rings. The van der Waals surface area contributed by atoms with Crippen LogP contribution < -0.4 is 9.64 Å². The smallest absolute Gasteiger partial charge is 0.323 e. The lowest BCUT2D eigenvalue weighted by Gasteiger charge is -2.19. The third kappa shape index (κ3) is 5.85. The van der Waals surface area contributed by atoms with Crippen LogP contribution in [0.5, 0.6) is 5.75 Å². The normalized spacial score (nSPS) is 10.8. The number of amides is 1. The van der Waals surface area contributed by atoms with Gasteiger partial charge in [-0.1, -0.05) is 71.4 Å². The summed E-state index contributed by atoms with van der Waals surface area (Å²) in [7, 11) is 1.60. The van der Waals surface area contributed by atoms with Crippen molar-refractivity contribution in [1.82, 2.24) is 0 Å². The highest BCUT2D eigenvalue weighted by Crippen LogP contribution is 2.42. The zero-order valence-electron chi connectivity index (χ0n) is 17.0. The Hall–Kier alpha value is -2.93. The number of methoxy groups -OCH3 is 1. The molecule has 0 aromatic heterocycles. The predicted octanol–water partition coefficient (Wildman–Crippen LogP) is 6.28. The highest BCUT2D eigenvalue weighted by Gasteiger charge is 2.17. The molecule has 0 unspecified atom stereocenters. The standard InChI is InChI=1S/C24H19Cl2NO4S/c1-31-18-9-5-6-10-19(18)32-20-13-11-16(23(25)24(20)26)12-14-21(28)27(15-22(29)30)17-7-3-2-4-8-17/h2-14H,15H2,1H3,(H,29,30)/b14-12+. The summed E-state index contributed by atoms with van der Waals surface area (Å²) in [4.78, 5) is 26.7. The number of carboxylic acid groups (broad SMARTS) is 1. The fourth-order valence-corrected chi connectivity index (χ4v) is 4.40. The number of rotatable bonds is 8. The molecule has 0 aliphatic carbocycles. The fourth-order valence-electron chi connectivity index (χ4n) is 2.87. The first-order chi connectivity index (χ1) is 15.4. The first kappa shape index (κ1) is 23.7. The second-order valence-electron chi connectivity index (χ2n) is 6.52. The Morgan fingerprint density at radius 2 is 1.66 bits per heavy atom. The van der Waals surface area contributed by atoms with Gasteiger partial charge in [0.15, 0.2) is 0 Å². The van der Waals surface area contributed by atoms with Gasteiger partial charge < -0.3 is 9.84 Å². The van der Waals surface area contributed by atoms with Gasteiger partial charge in [0.05, 0.1) is 22.1 Å². The summed E-state index contributed by atoms with van der Waals surface area (Å²) in [6, 6.07) is 19.7. The molecule has 0 bridgehead atoms. The Labute approximate surface area is 200 Å². The van der Waals surface area contributed by atoms with E-state index < -0.39 is 18.4 Å². The number of carbonyl (C=O) groups excluding carboxylic acids is 1. The van der Waals surface area contributed by atoms with Crippen LogP contribution in [0.2, 0.25) is 10.0 Å². The molecule has 0 spiro atoms. The molecule has 0 aliphatic heterocycles. The largest absolute Gasteiger partial charge is 0.496 e. The molecule has 1 amide bonds. The molecule has 1 N–H and O–H groups in total. The van der Waals surface area contributed by atoms with E-state index in [0.717, 1.165) is 15.5 Å². The van der Waals surface area contributed by atoms with Crippen molar-refractivity contribution in [2.75, 3.05) is 18.6 Å². The van der Waals surface area contributed by atoms with Crippen molar-refractivity contribution in [3.05, 3.63) is 88.4 Å². The Morgan fingerprint density at radius 3 is 2.34 bits per heavy atom. The summed E-state index contributed by atoms with van der Waals surface area (Å²) in [5.41, 5.74) is 1.02. The lowest BCUT2D eigenvalue weighted by Crippen LogP contribution is -2.34. The number of hydrogen-bond donors (Lipinski definition) is 1. The lowest BCUT2D eigenvalue weighted by molar-refractivity contribution is -0.136. The van der Waals surface area contributed by atoms with Crippen LogP contribution in [0.4, 0.5) is 5.69 Å². The van der Waals surface area contributed by atoms with Gasteiger partial charge in [-0.15, -0.1) is 0 Å².